The number of rotatable bonds is 1. The van der Waals surface area contributed by atoms with Crippen LogP contribution in [0.4, 0.5) is 4.79 Å². The second-order valence-electron chi connectivity index (χ2n) is 1.59. The highest BCUT2D eigenvalue weighted by molar-refractivity contribution is 8.05. The van der Waals surface area contributed by atoms with E-state index in [1.165, 1.54) is 0 Å². The molecular weight excluding hydrogens is 142 g/mol. The van der Waals surface area contributed by atoms with E-state index in [1.54, 1.807) is 6.92 Å². The van der Waals surface area contributed by atoms with Crippen LogP contribution in [0.1, 0.15) is 6.92 Å². The Bertz CT molecular complexity index is 194. The molecule has 1 N–H and O–H groups in total. The lowest BCUT2D eigenvalue weighted by atomic mass is 10.8. The number of sulfone groups is 1. The van der Waals surface area contributed by atoms with E-state index in [1.807, 2.05) is 0 Å². The summed E-state index contributed by atoms with van der Waals surface area (Å²) in [6, 6.07) is 0. The van der Waals surface area contributed by atoms with E-state index in [2.05, 4.69) is 5.32 Å². The number of carbonyl (C=O) groups excluding carboxylic acids is 1. The van der Waals surface area contributed by atoms with Crippen LogP contribution < -0.4 is 5.32 Å². The first kappa shape index (κ1) is 8.42. The lowest BCUT2D eigenvalue weighted by molar-refractivity contribution is 0.259. The molecule has 4 nitrogen and oxygen atoms in total. The van der Waals surface area contributed by atoms with Gasteiger partial charge in [0.05, 0.1) is 0 Å². The SMILES string of the molecule is CCNC(=O)S(C)(=O)=O. The first-order chi connectivity index (χ1) is 3.98. The van der Waals surface area contributed by atoms with Gasteiger partial charge in [-0.05, 0) is 6.92 Å². The standard InChI is InChI=1S/C4H9NO3S/c1-3-5-4(6)9(2,7)8/h3H2,1-2H3,(H,5,6). The van der Waals surface area contributed by atoms with Crippen LogP contribution in [0, 0.1) is 0 Å². The van der Waals surface area contributed by atoms with Crippen LogP contribution >= 0.6 is 0 Å². The van der Waals surface area contributed by atoms with E-state index in [4.69, 9.17) is 0 Å². The van der Waals surface area contributed by atoms with E-state index in [9.17, 15) is 13.2 Å². The highest BCUT2D eigenvalue weighted by Gasteiger charge is 2.12. The Morgan fingerprint density at radius 3 is 2.11 bits per heavy atom. The zero-order valence-electron chi connectivity index (χ0n) is 5.34. The van der Waals surface area contributed by atoms with Crippen LogP contribution in [0.3, 0.4) is 0 Å². The maximum atomic E-state index is 10.4. The van der Waals surface area contributed by atoms with Crippen molar-refractivity contribution in [3.8, 4) is 0 Å². The molecule has 1 amide bonds. The molecule has 0 rings (SSSR count). The zero-order chi connectivity index (χ0) is 7.49. The first-order valence-electron chi connectivity index (χ1n) is 2.46. The van der Waals surface area contributed by atoms with Gasteiger partial charge in [0.25, 0.3) is 0 Å². The molecule has 9 heavy (non-hydrogen) atoms. The van der Waals surface area contributed by atoms with Crippen LogP contribution in [0.25, 0.3) is 0 Å². The summed E-state index contributed by atoms with van der Waals surface area (Å²) in [6.45, 7) is 2.00. The van der Waals surface area contributed by atoms with Gasteiger partial charge in [-0.3, -0.25) is 4.79 Å². The molecule has 0 aromatic carbocycles. The van der Waals surface area contributed by atoms with Gasteiger partial charge in [0.15, 0.2) is 0 Å². The molecule has 0 spiro atoms. The number of hydrogen-bond acceptors (Lipinski definition) is 3. The van der Waals surface area contributed by atoms with Crippen LogP contribution in [-0.2, 0) is 9.84 Å². The van der Waals surface area contributed by atoms with Crippen LogP contribution in [0.5, 0.6) is 0 Å². The predicted molar refractivity (Wildman–Crippen MR) is 33.9 cm³/mol. The molecule has 5 heteroatoms. The molecule has 0 atom stereocenters. The second kappa shape index (κ2) is 2.82. The normalized spacial score (nSPS) is 10.9. The van der Waals surface area contributed by atoms with Crippen molar-refractivity contribution >= 4 is 15.1 Å². The molecule has 0 saturated carbocycles. The third-order valence-corrected chi connectivity index (χ3v) is 1.48. The Kier molecular flexibility index (Phi) is 2.64. The third-order valence-electron chi connectivity index (χ3n) is 0.658. The topological polar surface area (TPSA) is 63.2 Å². The zero-order valence-corrected chi connectivity index (χ0v) is 6.16. The molecule has 0 unspecified atom stereocenters. The first-order valence-corrected chi connectivity index (χ1v) is 4.35. The van der Waals surface area contributed by atoms with Crippen molar-refractivity contribution < 1.29 is 13.2 Å². The van der Waals surface area contributed by atoms with Crippen LogP contribution in [-0.4, -0.2) is 26.5 Å². The Balaban J connectivity index is 4.08. The number of amides is 1. The monoisotopic (exact) mass is 151 g/mol. The summed E-state index contributed by atoms with van der Waals surface area (Å²) in [5.41, 5.74) is 0. The van der Waals surface area contributed by atoms with Crippen molar-refractivity contribution in [2.24, 2.45) is 0 Å². The van der Waals surface area contributed by atoms with Crippen molar-refractivity contribution in [2.45, 2.75) is 6.92 Å². The third kappa shape index (κ3) is 3.07. The maximum Gasteiger partial charge on any atom is 0.336 e. The fourth-order valence-corrected chi connectivity index (χ4v) is 0.682. The van der Waals surface area contributed by atoms with Crippen molar-refractivity contribution in [3.63, 3.8) is 0 Å². The molecule has 0 saturated heterocycles. The second-order valence-corrected chi connectivity index (χ2v) is 3.51. The van der Waals surface area contributed by atoms with Crippen molar-refractivity contribution in [1.29, 1.82) is 0 Å². The van der Waals surface area contributed by atoms with E-state index < -0.39 is 15.1 Å². The fourth-order valence-electron chi connectivity index (χ4n) is 0.275. The summed E-state index contributed by atoms with van der Waals surface area (Å²) in [4.78, 5) is 10.4. The lowest BCUT2D eigenvalue weighted by Gasteiger charge is -1.95. The van der Waals surface area contributed by atoms with E-state index >= 15 is 0 Å². The predicted octanol–water partition coefficient (Wildman–Crippen LogP) is -0.239. The van der Waals surface area contributed by atoms with Crippen molar-refractivity contribution in [1.82, 2.24) is 5.32 Å². The molecule has 0 bridgehead atoms. The minimum Gasteiger partial charge on any atom is -0.343 e. The summed E-state index contributed by atoms with van der Waals surface area (Å²) < 4.78 is 20.6. The molecule has 54 valence electrons. The van der Waals surface area contributed by atoms with Gasteiger partial charge in [-0.2, -0.15) is 0 Å². The smallest absolute Gasteiger partial charge is 0.336 e. The van der Waals surface area contributed by atoms with E-state index in [-0.39, 0.29) is 0 Å². The van der Waals surface area contributed by atoms with E-state index in [0.717, 1.165) is 6.26 Å². The number of hydrogen-bond donors (Lipinski definition) is 1. The minimum absolute atomic E-state index is 0.339. The van der Waals surface area contributed by atoms with Crippen molar-refractivity contribution in [3.05, 3.63) is 0 Å². The highest BCUT2D eigenvalue weighted by atomic mass is 32.2. The maximum absolute atomic E-state index is 10.4. The van der Waals surface area contributed by atoms with Gasteiger partial charge in [0.1, 0.15) is 0 Å². The van der Waals surface area contributed by atoms with Gasteiger partial charge < -0.3 is 5.32 Å². The molecule has 0 fully saturated rings. The Hall–Kier alpha value is -0.580. The molecule has 0 aliphatic carbocycles. The molecule has 0 aromatic heterocycles. The summed E-state index contributed by atoms with van der Waals surface area (Å²) in [5, 5.41) is 1.25. The molecule has 0 aromatic rings. The van der Waals surface area contributed by atoms with Crippen LogP contribution in [0.2, 0.25) is 0 Å². The molecule has 0 radical (unpaired) electrons. The quantitative estimate of drug-likeness (QED) is 0.562. The summed E-state index contributed by atoms with van der Waals surface area (Å²) in [6.07, 6.45) is 0.873. The number of nitrogens with one attached hydrogen (secondary N) is 1. The van der Waals surface area contributed by atoms with Gasteiger partial charge in [0, 0.05) is 12.8 Å². The fraction of sp³-hybridized carbons (Fsp3) is 0.750. The average Bonchev–Trinajstić information content (AvgIpc) is 1.64. The summed E-state index contributed by atoms with van der Waals surface area (Å²) >= 11 is 0. The van der Waals surface area contributed by atoms with Gasteiger partial charge in [-0.15, -0.1) is 0 Å². The molecular formula is C4H9NO3S. The number of carbonyl (C=O) groups is 1. The Labute approximate surface area is 54.2 Å². The van der Waals surface area contributed by atoms with Gasteiger partial charge in [0.2, 0.25) is 9.84 Å². The molecule has 0 aliphatic rings. The lowest BCUT2D eigenvalue weighted by Crippen LogP contribution is -2.28. The molecule has 0 heterocycles. The van der Waals surface area contributed by atoms with Gasteiger partial charge in [-0.25, -0.2) is 8.42 Å². The van der Waals surface area contributed by atoms with Gasteiger partial charge in [-0.1, -0.05) is 0 Å². The minimum atomic E-state index is -3.51. The highest BCUT2D eigenvalue weighted by Crippen LogP contribution is 1.82. The van der Waals surface area contributed by atoms with E-state index in [0.29, 0.717) is 6.54 Å². The van der Waals surface area contributed by atoms with Crippen molar-refractivity contribution in [2.75, 3.05) is 12.8 Å². The van der Waals surface area contributed by atoms with Gasteiger partial charge >= 0.3 is 5.24 Å². The Morgan fingerprint density at radius 2 is 2.00 bits per heavy atom. The Morgan fingerprint density at radius 1 is 1.56 bits per heavy atom. The molecule has 0 aliphatic heterocycles. The summed E-state index contributed by atoms with van der Waals surface area (Å²) in [7, 11) is -3.51. The largest absolute Gasteiger partial charge is 0.343 e. The average molecular weight is 151 g/mol. The summed E-state index contributed by atoms with van der Waals surface area (Å²) in [5.74, 6) is 0. The van der Waals surface area contributed by atoms with Crippen LogP contribution in [0.15, 0.2) is 0 Å².